The number of carbonyl (C=O) groups is 1. The number of aromatic amines is 1. The molecule has 2 heterocycles. The number of nitrogens with one attached hydrogen (secondary N) is 1. The summed E-state index contributed by atoms with van der Waals surface area (Å²) in [7, 11) is 0. The van der Waals surface area contributed by atoms with Crippen LogP contribution in [0.15, 0.2) is 24.7 Å². The van der Waals surface area contributed by atoms with Crippen LogP contribution < -0.4 is 0 Å². The summed E-state index contributed by atoms with van der Waals surface area (Å²) in [6.07, 6.45) is 6.66. The highest BCUT2D eigenvalue weighted by molar-refractivity contribution is 5.90. The first-order chi connectivity index (χ1) is 9.27. The van der Waals surface area contributed by atoms with E-state index >= 15 is 0 Å². The molecule has 19 heavy (non-hydrogen) atoms. The normalized spacial score (nSPS) is 10.6. The molecule has 5 nitrogen and oxygen atoms in total. The Bertz CT molecular complexity index is 542. The second kappa shape index (κ2) is 6.22. The average Bonchev–Trinajstić information content (AvgIpc) is 3.04. The summed E-state index contributed by atoms with van der Waals surface area (Å²) in [5, 5.41) is 0. The van der Waals surface area contributed by atoms with E-state index in [2.05, 4.69) is 23.0 Å². The molecule has 0 bridgehead atoms. The Morgan fingerprint density at radius 2 is 2.32 bits per heavy atom. The van der Waals surface area contributed by atoms with Crippen LogP contribution in [0.4, 0.5) is 0 Å². The highest BCUT2D eigenvalue weighted by Crippen LogP contribution is 2.16. The predicted molar refractivity (Wildman–Crippen MR) is 72.5 cm³/mol. The number of aromatic nitrogens is 3. The summed E-state index contributed by atoms with van der Waals surface area (Å²) in [4.78, 5) is 18.9. The minimum atomic E-state index is -0.370. The van der Waals surface area contributed by atoms with Crippen molar-refractivity contribution in [1.82, 2.24) is 14.5 Å². The average molecular weight is 261 g/mol. The monoisotopic (exact) mass is 261 g/mol. The topological polar surface area (TPSA) is 59.9 Å². The molecular weight excluding hydrogens is 242 g/mol. The van der Waals surface area contributed by atoms with Gasteiger partial charge in [0.15, 0.2) is 11.5 Å². The third-order valence-electron chi connectivity index (χ3n) is 2.95. The van der Waals surface area contributed by atoms with Crippen LogP contribution in [0, 0.1) is 0 Å². The van der Waals surface area contributed by atoms with E-state index in [4.69, 9.17) is 4.74 Å². The molecule has 0 aromatic carbocycles. The second-order valence-electron chi connectivity index (χ2n) is 4.29. The first kappa shape index (κ1) is 13.4. The number of nitrogens with zero attached hydrogens (tertiary/aromatic N) is 2. The zero-order chi connectivity index (χ0) is 13.7. The summed E-state index contributed by atoms with van der Waals surface area (Å²) >= 11 is 0. The Balaban J connectivity index is 2.29. The molecule has 2 aromatic rings. The van der Waals surface area contributed by atoms with Gasteiger partial charge in [0.1, 0.15) is 0 Å². The highest BCUT2D eigenvalue weighted by atomic mass is 16.5. The maximum Gasteiger partial charge on any atom is 0.358 e. The van der Waals surface area contributed by atoms with Gasteiger partial charge < -0.3 is 14.3 Å². The lowest BCUT2D eigenvalue weighted by atomic mass is 10.2. The smallest absolute Gasteiger partial charge is 0.358 e. The van der Waals surface area contributed by atoms with Crippen molar-refractivity contribution in [2.75, 3.05) is 6.61 Å². The fraction of sp³-hybridized carbons (Fsp3) is 0.429. The van der Waals surface area contributed by atoms with Crippen molar-refractivity contribution in [2.45, 2.75) is 33.1 Å². The predicted octanol–water partition coefficient (Wildman–Crippen LogP) is 2.72. The van der Waals surface area contributed by atoms with Gasteiger partial charge in [-0.3, -0.25) is 0 Å². The van der Waals surface area contributed by atoms with Crippen molar-refractivity contribution in [1.29, 1.82) is 0 Å². The molecule has 0 amide bonds. The zero-order valence-corrected chi connectivity index (χ0v) is 11.3. The lowest BCUT2D eigenvalue weighted by molar-refractivity contribution is 0.0520. The van der Waals surface area contributed by atoms with Gasteiger partial charge in [0.25, 0.3) is 0 Å². The number of unbranched alkanes of at least 4 members (excludes halogenated alkanes) is 1. The summed E-state index contributed by atoms with van der Waals surface area (Å²) in [6, 6.07) is 4.02. The summed E-state index contributed by atoms with van der Waals surface area (Å²) in [5.74, 6) is 0.236. The number of H-pyrrole nitrogens is 1. The van der Waals surface area contributed by atoms with Crippen molar-refractivity contribution < 1.29 is 9.53 Å². The van der Waals surface area contributed by atoms with E-state index < -0.39 is 0 Å². The van der Waals surface area contributed by atoms with Crippen LogP contribution >= 0.6 is 0 Å². The molecule has 0 atom stereocenters. The largest absolute Gasteiger partial charge is 0.461 e. The lowest BCUT2D eigenvalue weighted by Crippen LogP contribution is -2.10. The Hall–Kier alpha value is -2.04. The van der Waals surface area contributed by atoms with Crippen molar-refractivity contribution in [2.24, 2.45) is 0 Å². The first-order valence-corrected chi connectivity index (χ1v) is 6.65. The molecular formula is C14H19N3O2. The van der Waals surface area contributed by atoms with Crippen LogP contribution in [0.2, 0.25) is 0 Å². The fourth-order valence-electron chi connectivity index (χ4n) is 2.01. The Kier molecular flexibility index (Phi) is 4.39. The van der Waals surface area contributed by atoms with Crippen LogP contribution in [0.25, 0.3) is 5.82 Å². The SMILES string of the molecule is CCCCc1cccn1-c1nc[nH]c1C(=O)OCC. The van der Waals surface area contributed by atoms with Crippen LogP contribution in [0.3, 0.4) is 0 Å². The number of esters is 1. The number of aryl methyl sites for hydroxylation is 1. The van der Waals surface area contributed by atoms with E-state index in [1.165, 1.54) is 6.33 Å². The molecule has 2 aromatic heterocycles. The van der Waals surface area contributed by atoms with Crippen LogP contribution in [0.5, 0.6) is 0 Å². The Labute approximate surface area is 112 Å². The molecule has 5 heteroatoms. The summed E-state index contributed by atoms with van der Waals surface area (Å²) in [6.45, 7) is 4.30. The van der Waals surface area contributed by atoms with E-state index in [9.17, 15) is 4.79 Å². The number of carbonyl (C=O) groups excluding carboxylic acids is 1. The van der Waals surface area contributed by atoms with Gasteiger partial charge in [-0.1, -0.05) is 13.3 Å². The molecule has 0 radical (unpaired) electrons. The summed E-state index contributed by atoms with van der Waals surface area (Å²) in [5.41, 5.74) is 1.55. The minimum absolute atomic E-state index is 0.353. The van der Waals surface area contributed by atoms with E-state index in [0.717, 1.165) is 25.0 Å². The van der Waals surface area contributed by atoms with Crippen molar-refractivity contribution in [3.8, 4) is 5.82 Å². The molecule has 0 saturated carbocycles. The van der Waals surface area contributed by atoms with E-state index in [1.54, 1.807) is 6.92 Å². The molecule has 0 aliphatic carbocycles. The number of ether oxygens (including phenoxy) is 1. The standard InChI is InChI=1S/C14H19N3O2/c1-3-5-7-11-8-6-9-17(11)13-12(15-10-16-13)14(18)19-4-2/h6,8-10H,3-5,7H2,1-2H3,(H,15,16). The highest BCUT2D eigenvalue weighted by Gasteiger charge is 2.18. The van der Waals surface area contributed by atoms with Gasteiger partial charge >= 0.3 is 5.97 Å². The molecule has 0 spiro atoms. The third-order valence-corrected chi connectivity index (χ3v) is 2.95. The van der Waals surface area contributed by atoms with Crippen LogP contribution in [-0.2, 0) is 11.2 Å². The zero-order valence-electron chi connectivity index (χ0n) is 11.3. The van der Waals surface area contributed by atoms with Gasteiger partial charge in [-0.05, 0) is 31.9 Å². The minimum Gasteiger partial charge on any atom is -0.461 e. The fourth-order valence-corrected chi connectivity index (χ4v) is 2.01. The van der Waals surface area contributed by atoms with Crippen LogP contribution in [0.1, 0.15) is 42.9 Å². The number of hydrogen-bond donors (Lipinski definition) is 1. The molecule has 0 fully saturated rings. The third kappa shape index (κ3) is 2.86. The van der Waals surface area contributed by atoms with Crippen molar-refractivity contribution >= 4 is 5.97 Å². The van der Waals surface area contributed by atoms with Gasteiger partial charge in [0.05, 0.1) is 12.9 Å². The van der Waals surface area contributed by atoms with Crippen molar-refractivity contribution in [3.05, 3.63) is 36.0 Å². The molecule has 0 aliphatic rings. The van der Waals surface area contributed by atoms with E-state index in [-0.39, 0.29) is 5.97 Å². The van der Waals surface area contributed by atoms with Gasteiger partial charge in [-0.15, -0.1) is 0 Å². The van der Waals surface area contributed by atoms with Gasteiger partial charge in [0.2, 0.25) is 0 Å². The maximum atomic E-state index is 11.8. The molecule has 0 saturated heterocycles. The molecule has 102 valence electrons. The molecule has 1 N–H and O–H groups in total. The van der Waals surface area contributed by atoms with Gasteiger partial charge in [-0.2, -0.15) is 0 Å². The number of imidazole rings is 1. The van der Waals surface area contributed by atoms with Gasteiger partial charge in [-0.25, -0.2) is 9.78 Å². The first-order valence-electron chi connectivity index (χ1n) is 6.65. The van der Waals surface area contributed by atoms with Crippen molar-refractivity contribution in [3.63, 3.8) is 0 Å². The Morgan fingerprint density at radius 1 is 1.47 bits per heavy atom. The maximum absolute atomic E-state index is 11.8. The van der Waals surface area contributed by atoms with Gasteiger partial charge in [0, 0.05) is 11.9 Å². The molecule has 0 aliphatic heterocycles. The number of hydrogen-bond acceptors (Lipinski definition) is 3. The molecule has 2 rings (SSSR count). The second-order valence-corrected chi connectivity index (χ2v) is 4.29. The Morgan fingerprint density at radius 3 is 3.05 bits per heavy atom. The molecule has 0 unspecified atom stereocenters. The summed E-state index contributed by atoms with van der Waals surface area (Å²) < 4.78 is 6.97. The number of rotatable bonds is 6. The van der Waals surface area contributed by atoms with Crippen LogP contribution in [-0.4, -0.2) is 27.1 Å². The van der Waals surface area contributed by atoms with E-state index in [1.807, 2.05) is 16.8 Å². The quantitative estimate of drug-likeness (QED) is 0.813. The van der Waals surface area contributed by atoms with E-state index in [0.29, 0.717) is 18.1 Å². The lowest BCUT2D eigenvalue weighted by Gasteiger charge is -2.08.